The molecule has 5 heteroatoms. The Hall–Kier alpha value is -1.88. The van der Waals surface area contributed by atoms with Crippen molar-refractivity contribution in [3.63, 3.8) is 0 Å². The van der Waals surface area contributed by atoms with Crippen LogP contribution in [0.2, 0.25) is 0 Å². The van der Waals surface area contributed by atoms with Crippen molar-refractivity contribution in [3.05, 3.63) is 52.8 Å². The summed E-state index contributed by atoms with van der Waals surface area (Å²) < 4.78 is 44.5. The molecule has 28 heavy (non-hydrogen) atoms. The van der Waals surface area contributed by atoms with Crippen LogP contribution in [0.1, 0.15) is 63.4 Å². The maximum atomic E-state index is 14.1. The lowest BCUT2D eigenvalue weighted by Crippen LogP contribution is -2.24. The first-order chi connectivity index (χ1) is 13.6. The Morgan fingerprint density at radius 2 is 1.86 bits per heavy atom. The second-order valence-corrected chi connectivity index (χ2v) is 7.59. The highest BCUT2D eigenvalue weighted by Crippen LogP contribution is 2.34. The molecule has 1 aromatic carbocycles. The first kappa shape index (κ1) is 20.8. The quantitative estimate of drug-likeness (QED) is 0.515. The van der Waals surface area contributed by atoms with Gasteiger partial charge in [-0.15, -0.1) is 0 Å². The second kappa shape index (κ2) is 10.1. The summed E-state index contributed by atoms with van der Waals surface area (Å²) in [5.74, 6) is -0.619. The predicted octanol–water partition coefficient (Wildman–Crippen LogP) is 6.36. The van der Waals surface area contributed by atoms with Crippen LogP contribution in [0, 0.1) is 0 Å². The smallest absolute Gasteiger partial charge is 0.196 e. The molecule has 0 bridgehead atoms. The fraction of sp³-hybridized carbons (Fsp3) is 0.565. The van der Waals surface area contributed by atoms with Gasteiger partial charge in [-0.3, -0.25) is 0 Å². The van der Waals surface area contributed by atoms with Gasteiger partial charge in [-0.25, -0.2) is 8.78 Å². The van der Waals surface area contributed by atoms with Crippen LogP contribution < -0.4 is 4.74 Å². The zero-order valence-electron chi connectivity index (χ0n) is 16.8. The molecule has 1 aromatic rings. The highest BCUT2D eigenvalue weighted by atomic mass is 19.2. The number of hydrogen-bond acceptors (Lipinski definition) is 3. The second-order valence-electron chi connectivity index (χ2n) is 7.59. The molecule has 1 fully saturated rings. The minimum absolute atomic E-state index is 0.0429. The molecule has 1 aliphatic carbocycles. The first-order valence-electron chi connectivity index (χ1n) is 10.3. The standard InChI is InChI=1S/C23H30F2O3/c1-3-4-5-19-12-8-17(14-27-19)16-6-10-20(11-7-16)28-15-18-9-13-21(26-2)23(25)22(18)24/h6-7,10-11,17,19H,3-5,8-9,12-15H2,1-2H3. The normalized spacial score (nSPS) is 23.1. The van der Waals surface area contributed by atoms with E-state index in [4.69, 9.17) is 14.2 Å². The lowest BCUT2D eigenvalue weighted by atomic mass is 9.90. The highest BCUT2D eigenvalue weighted by molar-refractivity contribution is 5.34. The van der Waals surface area contributed by atoms with Gasteiger partial charge in [-0.05, 0) is 43.4 Å². The predicted molar refractivity (Wildman–Crippen MR) is 106 cm³/mol. The monoisotopic (exact) mass is 392 g/mol. The summed E-state index contributed by atoms with van der Waals surface area (Å²) in [5, 5.41) is 0. The molecule has 2 unspecified atom stereocenters. The van der Waals surface area contributed by atoms with Crippen molar-refractivity contribution in [2.45, 2.75) is 63.9 Å². The molecule has 0 amide bonds. The van der Waals surface area contributed by atoms with Crippen LogP contribution in [0.25, 0.3) is 0 Å². The van der Waals surface area contributed by atoms with Crippen molar-refractivity contribution >= 4 is 0 Å². The van der Waals surface area contributed by atoms with Gasteiger partial charge < -0.3 is 14.2 Å². The minimum atomic E-state index is -0.905. The Kier molecular flexibility index (Phi) is 7.49. The zero-order valence-corrected chi connectivity index (χ0v) is 16.8. The highest BCUT2D eigenvalue weighted by Gasteiger charge is 2.24. The summed E-state index contributed by atoms with van der Waals surface area (Å²) in [6.07, 6.45) is 7.01. The van der Waals surface area contributed by atoms with Crippen molar-refractivity contribution in [2.75, 3.05) is 20.3 Å². The topological polar surface area (TPSA) is 27.7 Å². The van der Waals surface area contributed by atoms with E-state index in [2.05, 4.69) is 6.92 Å². The van der Waals surface area contributed by atoms with Gasteiger partial charge in [0.05, 0.1) is 19.8 Å². The number of methoxy groups -OCH3 is 1. The van der Waals surface area contributed by atoms with E-state index >= 15 is 0 Å². The molecule has 154 valence electrons. The maximum Gasteiger partial charge on any atom is 0.196 e. The molecular weight excluding hydrogens is 362 g/mol. The van der Waals surface area contributed by atoms with Gasteiger partial charge >= 0.3 is 0 Å². The first-order valence-corrected chi connectivity index (χ1v) is 10.3. The molecular formula is C23H30F2O3. The Morgan fingerprint density at radius 3 is 2.50 bits per heavy atom. The van der Waals surface area contributed by atoms with E-state index in [1.165, 1.54) is 25.5 Å². The van der Waals surface area contributed by atoms with Gasteiger partial charge in [0.1, 0.15) is 18.1 Å². The summed E-state index contributed by atoms with van der Waals surface area (Å²) in [4.78, 5) is 0. The third-order valence-electron chi connectivity index (χ3n) is 5.66. The van der Waals surface area contributed by atoms with Crippen molar-refractivity contribution in [1.82, 2.24) is 0 Å². The minimum Gasteiger partial charge on any atom is -0.498 e. The average Bonchev–Trinajstić information content (AvgIpc) is 2.74. The largest absolute Gasteiger partial charge is 0.498 e. The van der Waals surface area contributed by atoms with Crippen LogP contribution in [0.5, 0.6) is 5.75 Å². The summed E-state index contributed by atoms with van der Waals surface area (Å²) in [5.41, 5.74) is 1.57. The number of unbranched alkanes of at least 4 members (excludes halogenated alkanes) is 1. The van der Waals surface area contributed by atoms with Crippen LogP contribution in [-0.4, -0.2) is 26.4 Å². The Morgan fingerprint density at radius 1 is 1.07 bits per heavy atom. The molecule has 1 saturated heterocycles. The van der Waals surface area contributed by atoms with Gasteiger partial charge in [0.25, 0.3) is 0 Å². The van der Waals surface area contributed by atoms with E-state index in [0.29, 0.717) is 36.2 Å². The van der Waals surface area contributed by atoms with Gasteiger partial charge in [0, 0.05) is 17.9 Å². The Labute approximate surface area is 166 Å². The van der Waals surface area contributed by atoms with Crippen LogP contribution in [0.3, 0.4) is 0 Å². The lowest BCUT2D eigenvalue weighted by Gasteiger charge is -2.29. The van der Waals surface area contributed by atoms with Gasteiger partial charge in [0.15, 0.2) is 11.7 Å². The fourth-order valence-corrected chi connectivity index (χ4v) is 3.82. The summed E-state index contributed by atoms with van der Waals surface area (Å²) in [7, 11) is 1.36. The van der Waals surface area contributed by atoms with Gasteiger partial charge in [-0.1, -0.05) is 31.9 Å². The van der Waals surface area contributed by atoms with Crippen LogP contribution >= 0.6 is 0 Å². The van der Waals surface area contributed by atoms with Gasteiger partial charge in [-0.2, -0.15) is 0 Å². The number of rotatable bonds is 8. The molecule has 0 aromatic heterocycles. The average molecular weight is 392 g/mol. The maximum absolute atomic E-state index is 14.1. The number of hydrogen-bond donors (Lipinski definition) is 0. The fourth-order valence-electron chi connectivity index (χ4n) is 3.82. The van der Waals surface area contributed by atoms with Crippen LogP contribution in [0.15, 0.2) is 47.3 Å². The molecule has 1 heterocycles. The molecule has 0 spiro atoms. The van der Waals surface area contributed by atoms with E-state index in [1.807, 2.05) is 24.3 Å². The molecule has 0 saturated carbocycles. The van der Waals surface area contributed by atoms with E-state index in [0.717, 1.165) is 25.9 Å². The molecule has 2 aliphatic rings. The van der Waals surface area contributed by atoms with Crippen LogP contribution in [0.4, 0.5) is 8.78 Å². The third kappa shape index (κ3) is 5.13. The van der Waals surface area contributed by atoms with Gasteiger partial charge in [0.2, 0.25) is 0 Å². The van der Waals surface area contributed by atoms with Crippen molar-refractivity contribution in [2.24, 2.45) is 0 Å². The molecule has 0 N–H and O–H groups in total. The molecule has 2 atom stereocenters. The molecule has 3 rings (SSSR count). The lowest BCUT2D eigenvalue weighted by molar-refractivity contribution is -0.00190. The van der Waals surface area contributed by atoms with Crippen molar-refractivity contribution in [1.29, 1.82) is 0 Å². The van der Waals surface area contributed by atoms with Crippen molar-refractivity contribution in [3.8, 4) is 5.75 Å². The van der Waals surface area contributed by atoms with Crippen LogP contribution in [-0.2, 0) is 9.47 Å². The number of halogens is 2. The summed E-state index contributed by atoms with van der Waals surface area (Å²) >= 11 is 0. The molecule has 0 radical (unpaired) electrons. The van der Waals surface area contributed by atoms with E-state index in [9.17, 15) is 8.78 Å². The molecule has 1 aliphatic heterocycles. The number of ether oxygens (including phenoxy) is 3. The SMILES string of the molecule is CCCCC1CCC(c2ccc(OCC3=C(F)C(F)=C(OC)CC3)cc2)CO1. The van der Waals surface area contributed by atoms with E-state index in [1.54, 1.807) is 0 Å². The Balaban J connectivity index is 1.52. The number of benzene rings is 1. The zero-order chi connectivity index (χ0) is 19.9. The molecule has 3 nitrogen and oxygen atoms in total. The number of allylic oxidation sites excluding steroid dienone is 3. The Bertz CT molecular complexity index is 701. The third-order valence-corrected chi connectivity index (χ3v) is 5.66. The van der Waals surface area contributed by atoms with E-state index < -0.39 is 11.7 Å². The van der Waals surface area contributed by atoms with Crippen molar-refractivity contribution < 1.29 is 23.0 Å². The summed E-state index contributed by atoms with van der Waals surface area (Å²) in [6, 6.07) is 7.88. The summed E-state index contributed by atoms with van der Waals surface area (Å²) in [6.45, 7) is 3.01. The van der Waals surface area contributed by atoms with E-state index in [-0.39, 0.29) is 12.4 Å².